The monoisotopic (exact) mass is 384 g/mol. The smallest absolute Gasteiger partial charge is 0.258 e. The van der Waals surface area contributed by atoms with E-state index >= 15 is 0 Å². The summed E-state index contributed by atoms with van der Waals surface area (Å²) in [5.41, 5.74) is -0.618. The number of benzene rings is 2. The molecule has 1 saturated carbocycles. The number of nitrogens with one attached hydrogen (secondary N) is 2. The third kappa shape index (κ3) is 3.88. The highest BCUT2D eigenvalue weighted by molar-refractivity contribution is 7.89. The van der Waals surface area contributed by atoms with E-state index in [0.717, 1.165) is 36.4 Å². The molecule has 1 fully saturated rings. The van der Waals surface area contributed by atoms with E-state index in [0.29, 0.717) is 6.42 Å². The molecule has 2 N–H and O–H groups in total. The number of hydrogen-bond donors (Lipinski definition) is 2. The van der Waals surface area contributed by atoms with Gasteiger partial charge in [-0.05, 0) is 42.7 Å². The minimum Gasteiger partial charge on any atom is -0.322 e. The average molecular weight is 384 g/mol. The van der Waals surface area contributed by atoms with Crippen LogP contribution >= 0.6 is 0 Å². The molecule has 1 aliphatic rings. The molecule has 0 spiro atoms. The van der Waals surface area contributed by atoms with Gasteiger partial charge >= 0.3 is 0 Å². The first-order chi connectivity index (χ1) is 12.2. The molecule has 0 aliphatic heterocycles. The quantitative estimate of drug-likeness (QED) is 0.832. The van der Waals surface area contributed by atoms with Crippen LogP contribution in [0.3, 0.4) is 0 Å². The summed E-state index contributed by atoms with van der Waals surface area (Å²) < 4.78 is 67.2. The molecule has 5 nitrogen and oxygen atoms in total. The Balaban J connectivity index is 1.84. The number of carbonyl (C=O) groups excluding carboxylic acids is 1. The molecule has 2 atom stereocenters. The second-order valence-electron chi connectivity index (χ2n) is 6.17. The van der Waals surface area contributed by atoms with Crippen LogP contribution in [0.25, 0.3) is 0 Å². The first-order valence-electron chi connectivity index (χ1n) is 7.75. The number of anilines is 1. The van der Waals surface area contributed by atoms with Crippen molar-refractivity contribution in [1.82, 2.24) is 4.72 Å². The van der Waals surface area contributed by atoms with E-state index in [4.69, 9.17) is 0 Å². The Hall–Kier alpha value is -2.39. The summed E-state index contributed by atoms with van der Waals surface area (Å²) in [6, 6.07) is 5.30. The van der Waals surface area contributed by atoms with Gasteiger partial charge in [0.1, 0.15) is 5.82 Å². The van der Waals surface area contributed by atoms with E-state index in [2.05, 4.69) is 10.0 Å². The lowest BCUT2D eigenvalue weighted by molar-refractivity contribution is 0.102. The fourth-order valence-electron chi connectivity index (χ4n) is 2.37. The Morgan fingerprint density at radius 2 is 1.69 bits per heavy atom. The van der Waals surface area contributed by atoms with E-state index in [-0.39, 0.29) is 22.5 Å². The zero-order valence-corrected chi connectivity index (χ0v) is 14.4. The number of amides is 1. The maximum Gasteiger partial charge on any atom is 0.258 e. The molecular formula is C17H15F3N2O3S. The van der Waals surface area contributed by atoms with Gasteiger partial charge in [-0.25, -0.2) is 26.3 Å². The minimum absolute atomic E-state index is 0.0912. The van der Waals surface area contributed by atoms with Gasteiger partial charge in [0.15, 0.2) is 11.6 Å². The number of carbonyl (C=O) groups is 1. The normalized spacial score (nSPS) is 19.2. The van der Waals surface area contributed by atoms with Crippen molar-refractivity contribution in [2.75, 3.05) is 5.32 Å². The molecule has 9 heteroatoms. The average Bonchev–Trinajstić information content (AvgIpc) is 3.25. The lowest BCUT2D eigenvalue weighted by Crippen LogP contribution is -2.27. The van der Waals surface area contributed by atoms with Crippen molar-refractivity contribution in [2.24, 2.45) is 5.92 Å². The molecule has 0 radical (unpaired) electrons. The largest absolute Gasteiger partial charge is 0.322 e. The summed E-state index contributed by atoms with van der Waals surface area (Å²) in [7, 11) is -3.89. The summed E-state index contributed by atoms with van der Waals surface area (Å²) in [5, 5.41) is 2.21. The molecule has 0 bridgehead atoms. The molecular weight excluding hydrogens is 369 g/mol. The van der Waals surface area contributed by atoms with Crippen LogP contribution in [0.1, 0.15) is 23.7 Å². The molecule has 1 amide bonds. The van der Waals surface area contributed by atoms with Crippen LogP contribution in [0, 0.1) is 23.4 Å². The van der Waals surface area contributed by atoms with Gasteiger partial charge in [0, 0.05) is 17.8 Å². The van der Waals surface area contributed by atoms with Crippen LogP contribution in [0.5, 0.6) is 0 Å². The number of rotatable bonds is 5. The predicted octanol–water partition coefficient (Wildman–Crippen LogP) is 3.04. The van der Waals surface area contributed by atoms with E-state index < -0.39 is 38.9 Å². The van der Waals surface area contributed by atoms with Gasteiger partial charge in [-0.2, -0.15) is 0 Å². The highest BCUT2D eigenvalue weighted by Crippen LogP contribution is 2.31. The first kappa shape index (κ1) is 18.4. The third-order valence-corrected chi connectivity index (χ3v) is 5.57. The van der Waals surface area contributed by atoms with Crippen molar-refractivity contribution in [3.8, 4) is 0 Å². The third-order valence-electron chi connectivity index (χ3n) is 4.09. The van der Waals surface area contributed by atoms with E-state index in [1.807, 2.05) is 6.92 Å². The van der Waals surface area contributed by atoms with Gasteiger partial charge in [0.2, 0.25) is 10.0 Å². The lowest BCUT2D eigenvalue weighted by Gasteiger charge is -2.10. The maximum atomic E-state index is 14.0. The first-order valence-corrected chi connectivity index (χ1v) is 9.24. The van der Waals surface area contributed by atoms with Crippen molar-refractivity contribution in [3.05, 3.63) is 59.4 Å². The Morgan fingerprint density at radius 3 is 2.31 bits per heavy atom. The summed E-state index contributed by atoms with van der Waals surface area (Å²) in [6.45, 7) is 1.89. The standard InChI is InChI=1S/C17H15F3N2O3S/c1-9-6-16(9)22-26(24,25)11-3-5-13(18)12(8-11)17(23)21-10-2-4-14(19)15(20)7-10/h2-5,7-9,16,22H,6H2,1H3,(H,21,23). The van der Waals surface area contributed by atoms with Crippen LogP contribution in [0.15, 0.2) is 41.3 Å². The molecule has 0 aromatic heterocycles. The summed E-state index contributed by atoms with van der Waals surface area (Å²) in [5.74, 6) is -3.97. The Kier molecular flexibility index (Phi) is 4.76. The second-order valence-corrected chi connectivity index (χ2v) is 7.88. The lowest BCUT2D eigenvalue weighted by atomic mass is 10.2. The zero-order valence-electron chi connectivity index (χ0n) is 13.6. The number of hydrogen-bond acceptors (Lipinski definition) is 3. The number of sulfonamides is 1. The van der Waals surface area contributed by atoms with E-state index in [9.17, 15) is 26.4 Å². The summed E-state index contributed by atoms with van der Waals surface area (Å²) >= 11 is 0. The van der Waals surface area contributed by atoms with Crippen molar-refractivity contribution >= 4 is 21.6 Å². The van der Waals surface area contributed by atoms with Gasteiger partial charge in [-0.1, -0.05) is 6.92 Å². The Morgan fingerprint density at radius 1 is 1.04 bits per heavy atom. The zero-order chi connectivity index (χ0) is 19.1. The molecule has 2 unspecified atom stereocenters. The summed E-state index contributed by atoms with van der Waals surface area (Å²) in [6.07, 6.45) is 0.712. The summed E-state index contributed by atoms with van der Waals surface area (Å²) in [4.78, 5) is 12.0. The molecule has 3 rings (SSSR count). The van der Waals surface area contributed by atoms with Gasteiger partial charge in [-0.15, -0.1) is 0 Å². The van der Waals surface area contributed by atoms with Crippen LogP contribution in [0.2, 0.25) is 0 Å². The topological polar surface area (TPSA) is 75.3 Å². The molecule has 1 aliphatic carbocycles. The molecule has 0 heterocycles. The Bertz CT molecular complexity index is 979. The van der Waals surface area contributed by atoms with Crippen LogP contribution < -0.4 is 10.0 Å². The van der Waals surface area contributed by atoms with Crippen LogP contribution in [-0.4, -0.2) is 20.4 Å². The van der Waals surface area contributed by atoms with Crippen molar-refractivity contribution in [3.63, 3.8) is 0 Å². The van der Waals surface area contributed by atoms with Crippen LogP contribution in [0.4, 0.5) is 18.9 Å². The van der Waals surface area contributed by atoms with Crippen molar-refractivity contribution < 1.29 is 26.4 Å². The van der Waals surface area contributed by atoms with Gasteiger partial charge in [0.25, 0.3) is 5.91 Å². The number of halogens is 3. The fraction of sp³-hybridized carbons (Fsp3) is 0.235. The van der Waals surface area contributed by atoms with Gasteiger partial charge in [-0.3, -0.25) is 4.79 Å². The van der Waals surface area contributed by atoms with Gasteiger partial charge in [0.05, 0.1) is 10.5 Å². The Labute approximate surface area is 148 Å². The van der Waals surface area contributed by atoms with Crippen LogP contribution in [-0.2, 0) is 10.0 Å². The van der Waals surface area contributed by atoms with Crippen molar-refractivity contribution in [2.45, 2.75) is 24.3 Å². The highest BCUT2D eigenvalue weighted by Gasteiger charge is 2.36. The molecule has 26 heavy (non-hydrogen) atoms. The second kappa shape index (κ2) is 6.73. The van der Waals surface area contributed by atoms with Gasteiger partial charge < -0.3 is 5.32 Å². The fourth-order valence-corrected chi connectivity index (χ4v) is 3.75. The van der Waals surface area contributed by atoms with Crippen molar-refractivity contribution in [1.29, 1.82) is 0 Å². The minimum atomic E-state index is -3.89. The van der Waals surface area contributed by atoms with E-state index in [1.54, 1.807) is 0 Å². The SMILES string of the molecule is CC1CC1NS(=O)(=O)c1ccc(F)c(C(=O)Nc2ccc(F)c(F)c2)c1. The molecule has 2 aromatic rings. The molecule has 2 aromatic carbocycles. The predicted molar refractivity (Wildman–Crippen MR) is 88.6 cm³/mol. The molecule has 0 saturated heterocycles. The van der Waals surface area contributed by atoms with E-state index in [1.165, 1.54) is 0 Å². The maximum absolute atomic E-state index is 14.0. The highest BCUT2D eigenvalue weighted by atomic mass is 32.2. The molecule has 138 valence electrons.